The number of ketones is 1. The monoisotopic (exact) mass is 325 g/mol. The molecule has 1 saturated heterocycles. The van der Waals surface area contributed by atoms with Crippen LogP contribution in [0.5, 0.6) is 0 Å². The molecule has 3 rings (SSSR count). The number of likely N-dealkylation sites (tertiary alicyclic amines) is 1. The second-order valence-corrected chi connectivity index (χ2v) is 6.93. The molecule has 0 amide bonds. The third kappa shape index (κ3) is 4.12. The Kier molecular flexibility index (Phi) is 5.46. The fourth-order valence-electron chi connectivity index (χ4n) is 3.59. The molecule has 0 unspecified atom stereocenters. The summed E-state index contributed by atoms with van der Waals surface area (Å²) in [6, 6.07) is 7.90. The molecule has 128 valence electrons. The number of aryl methyl sites for hydroxylation is 2. The summed E-state index contributed by atoms with van der Waals surface area (Å²) in [4.78, 5) is 19.3. The van der Waals surface area contributed by atoms with Gasteiger partial charge in [0.25, 0.3) is 0 Å². The molecule has 2 aromatic rings. The van der Waals surface area contributed by atoms with Gasteiger partial charge < -0.3 is 9.47 Å². The fourth-order valence-corrected chi connectivity index (χ4v) is 3.59. The number of hydrogen-bond donors (Lipinski definition) is 0. The van der Waals surface area contributed by atoms with Gasteiger partial charge in [-0.1, -0.05) is 29.8 Å². The Hall–Kier alpha value is -1.94. The lowest BCUT2D eigenvalue weighted by Crippen LogP contribution is -2.36. The number of rotatable bonds is 6. The standard InChI is InChI=1S/C20H27N3O/c1-16-7-9-17(10-8-16)19(24)6-4-13-23-12-3-5-18(15-23)20-21-11-14-22(20)2/h7-11,14,18H,3-6,12-13,15H2,1-2H3/t18-/m0/s1. The average Bonchev–Trinajstić information content (AvgIpc) is 3.02. The minimum absolute atomic E-state index is 0.257. The van der Waals surface area contributed by atoms with Crippen LogP contribution < -0.4 is 0 Å². The molecule has 4 heteroatoms. The molecule has 0 N–H and O–H groups in total. The maximum atomic E-state index is 12.3. The Morgan fingerprint density at radius 1 is 1.29 bits per heavy atom. The molecular formula is C20H27N3O. The molecule has 0 bridgehead atoms. The lowest BCUT2D eigenvalue weighted by molar-refractivity contribution is 0.0971. The van der Waals surface area contributed by atoms with Crippen molar-refractivity contribution in [3.8, 4) is 0 Å². The molecule has 1 aliphatic heterocycles. The van der Waals surface area contributed by atoms with Crippen LogP contribution in [0.3, 0.4) is 0 Å². The molecule has 4 nitrogen and oxygen atoms in total. The largest absolute Gasteiger partial charge is 0.338 e. The van der Waals surface area contributed by atoms with Gasteiger partial charge in [-0.05, 0) is 39.3 Å². The van der Waals surface area contributed by atoms with E-state index in [9.17, 15) is 4.79 Å². The van der Waals surface area contributed by atoms with Gasteiger partial charge in [0.2, 0.25) is 0 Å². The van der Waals surface area contributed by atoms with Gasteiger partial charge in [-0.15, -0.1) is 0 Å². The van der Waals surface area contributed by atoms with Crippen molar-refractivity contribution in [2.45, 2.75) is 38.5 Å². The fraction of sp³-hybridized carbons (Fsp3) is 0.500. The van der Waals surface area contributed by atoms with Gasteiger partial charge in [0, 0.05) is 43.9 Å². The second-order valence-electron chi connectivity index (χ2n) is 6.93. The molecule has 1 aliphatic rings. The van der Waals surface area contributed by atoms with Crippen LogP contribution in [0.25, 0.3) is 0 Å². The Balaban J connectivity index is 1.47. The third-order valence-corrected chi connectivity index (χ3v) is 4.98. The van der Waals surface area contributed by atoms with Crippen LogP contribution in [0.2, 0.25) is 0 Å². The van der Waals surface area contributed by atoms with Gasteiger partial charge in [0.15, 0.2) is 5.78 Å². The van der Waals surface area contributed by atoms with Gasteiger partial charge in [0.05, 0.1) is 0 Å². The maximum absolute atomic E-state index is 12.3. The number of carbonyl (C=O) groups excluding carboxylic acids is 1. The quantitative estimate of drug-likeness (QED) is 0.762. The third-order valence-electron chi connectivity index (χ3n) is 4.98. The molecule has 0 saturated carbocycles. The van der Waals surface area contributed by atoms with E-state index in [1.807, 2.05) is 43.6 Å². The summed E-state index contributed by atoms with van der Waals surface area (Å²) in [7, 11) is 2.07. The highest BCUT2D eigenvalue weighted by Gasteiger charge is 2.23. The normalized spacial score (nSPS) is 18.7. The van der Waals surface area contributed by atoms with Crippen LogP contribution in [0, 0.1) is 6.92 Å². The van der Waals surface area contributed by atoms with Crippen molar-refractivity contribution >= 4 is 5.78 Å². The average molecular weight is 325 g/mol. The summed E-state index contributed by atoms with van der Waals surface area (Å²) in [6.07, 6.45) is 7.89. The van der Waals surface area contributed by atoms with Crippen molar-refractivity contribution in [2.75, 3.05) is 19.6 Å². The minimum atomic E-state index is 0.257. The first-order chi connectivity index (χ1) is 11.6. The van der Waals surface area contributed by atoms with E-state index in [0.717, 1.165) is 31.6 Å². The molecule has 0 aliphatic carbocycles. The number of Topliss-reactive ketones (excluding diaryl/α,β-unsaturated/α-hetero) is 1. The van der Waals surface area contributed by atoms with Crippen molar-refractivity contribution in [1.82, 2.24) is 14.5 Å². The van der Waals surface area contributed by atoms with Crippen LogP contribution in [0.15, 0.2) is 36.7 Å². The van der Waals surface area contributed by atoms with Crippen LogP contribution in [-0.4, -0.2) is 39.9 Å². The number of carbonyl (C=O) groups is 1. The zero-order valence-electron chi connectivity index (χ0n) is 14.7. The summed E-state index contributed by atoms with van der Waals surface area (Å²) in [6.45, 7) is 5.24. The van der Waals surface area contributed by atoms with E-state index in [-0.39, 0.29) is 5.78 Å². The van der Waals surface area contributed by atoms with Crippen molar-refractivity contribution in [2.24, 2.45) is 7.05 Å². The van der Waals surface area contributed by atoms with Crippen molar-refractivity contribution in [1.29, 1.82) is 0 Å². The summed E-state index contributed by atoms with van der Waals surface area (Å²) >= 11 is 0. The predicted octanol–water partition coefficient (Wildman–Crippen LogP) is 3.57. The Morgan fingerprint density at radius 3 is 2.79 bits per heavy atom. The first-order valence-corrected chi connectivity index (χ1v) is 8.93. The molecular weight excluding hydrogens is 298 g/mol. The molecule has 0 spiro atoms. The lowest BCUT2D eigenvalue weighted by atomic mass is 9.96. The highest BCUT2D eigenvalue weighted by Crippen LogP contribution is 2.25. The SMILES string of the molecule is Cc1ccc(C(=O)CCCN2CCC[C@H](c3nccn3C)C2)cc1. The van der Waals surface area contributed by atoms with E-state index in [4.69, 9.17) is 0 Å². The van der Waals surface area contributed by atoms with E-state index >= 15 is 0 Å². The summed E-state index contributed by atoms with van der Waals surface area (Å²) in [5.74, 6) is 1.97. The first kappa shape index (κ1) is 16.9. The molecule has 24 heavy (non-hydrogen) atoms. The highest BCUT2D eigenvalue weighted by molar-refractivity contribution is 5.96. The van der Waals surface area contributed by atoms with Gasteiger partial charge in [-0.25, -0.2) is 4.98 Å². The lowest BCUT2D eigenvalue weighted by Gasteiger charge is -2.32. The zero-order chi connectivity index (χ0) is 16.9. The van der Waals surface area contributed by atoms with Gasteiger partial charge in [0.1, 0.15) is 5.82 Å². The molecule has 1 atom stereocenters. The van der Waals surface area contributed by atoms with Gasteiger partial charge >= 0.3 is 0 Å². The van der Waals surface area contributed by atoms with Gasteiger partial charge in [-0.2, -0.15) is 0 Å². The van der Waals surface area contributed by atoms with Crippen LogP contribution in [0.4, 0.5) is 0 Å². The number of piperidine rings is 1. The van der Waals surface area contributed by atoms with Gasteiger partial charge in [-0.3, -0.25) is 4.79 Å². The Labute approximate surface area is 144 Å². The number of imidazole rings is 1. The maximum Gasteiger partial charge on any atom is 0.162 e. The van der Waals surface area contributed by atoms with E-state index in [1.54, 1.807) is 0 Å². The predicted molar refractivity (Wildman–Crippen MR) is 96.4 cm³/mol. The number of nitrogens with zero attached hydrogens (tertiary/aromatic N) is 3. The summed E-state index contributed by atoms with van der Waals surface area (Å²) in [5.41, 5.74) is 2.03. The first-order valence-electron chi connectivity index (χ1n) is 8.93. The van der Waals surface area contributed by atoms with E-state index < -0.39 is 0 Å². The topological polar surface area (TPSA) is 38.1 Å². The molecule has 0 radical (unpaired) electrons. The highest BCUT2D eigenvalue weighted by atomic mass is 16.1. The Bertz CT molecular complexity index is 674. The number of benzene rings is 1. The smallest absolute Gasteiger partial charge is 0.162 e. The van der Waals surface area contributed by atoms with Crippen molar-refractivity contribution in [3.05, 3.63) is 53.6 Å². The molecule has 1 aromatic carbocycles. The van der Waals surface area contributed by atoms with Crippen LogP contribution in [0.1, 0.15) is 53.3 Å². The van der Waals surface area contributed by atoms with Crippen LogP contribution >= 0.6 is 0 Å². The van der Waals surface area contributed by atoms with Crippen LogP contribution in [-0.2, 0) is 7.05 Å². The van der Waals surface area contributed by atoms with E-state index in [1.165, 1.54) is 24.2 Å². The zero-order valence-corrected chi connectivity index (χ0v) is 14.7. The molecule has 1 fully saturated rings. The second kappa shape index (κ2) is 7.75. The molecule has 1 aromatic heterocycles. The summed E-state index contributed by atoms with van der Waals surface area (Å²) in [5, 5.41) is 0. The summed E-state index contributed by atoms with van der Waals surface area (Å²) < 4.78 is 2.13. The number of hydrogen-bond acceptors (Lipinski definition) is 3. The van der Waals surface area contributed by atoms with Crippen molar-refractivity contribution < 1.29 is 4.79 Å². The minimum Gasteiger partial charge on any atom is -0.338 e. The Morgan fingerprint density at radius 2 is 2.08 bits per heavy atom. The van der Waals surface area contributed by atoms with E-state index in [0.29, 0.717) is 12.3 Å². The van der Waals surface area contributed by atoms with E-state index in [2.05, 4.69) is 21.5 Å². The number of aromatic nitrogens is 2. The molecule has 2 heterocycles. The van der Waals surface area contributed by atoms with Crippen molar-refractivity contribution in [3.63, 3.8) is 0 Å².